The van der Waals surface area contributed by atoms with Gasteiger partial charge in [0.1, 0.15) is 17.6 Å². The molecule has 0 saturated carbocycles. The van der Waals surface area contributed by atoms with Crippen molar-refractivity contribution in [1.82, 2.24) is 10.6 Å². The van der Waals surface area contributed by atoms with Crippen LogP contribution in [0.4, 0.5) is 15.8 Å². The summed E-state index contributed by atoms with van der Waals surface area (Å²) in [7, 11) is 3.23. The van der Waals surface area contributed by atoms with Gasteiger partial charge in [-0.2, -0.15) is 0 Å². The number of rotatable bonds is 7. The number of nitrogens with one attached hydrogen (secondary N) is 2. The summed E-state index contributed by atoms with van der Waals surface area (Å²) >= 11 is 3.52. The van der Waals surface area contributed by atoms with Gasteiger partial charge >= 0.3 is 0 Å². The Bertz CT molecular complexity index is 1670. The number of hydrogen-bond donors (Lipinski definition) is 2. The Morgan fingerprint density at radius 3 is 2.42 bits per heavy atom. The fourth-order valence-electron chi connectivity index (χ4n) is 5.08. The van der Waals surface area contributed by atoms with Gasteiger partial charge in [-0.1, -0.05) is 40.2 Å². The SMILES string of the molecule is CNC(C)C(=O)NC1CN(C(=O)c2ccc(F)cc2)c2ccccc2N(Cc2c(OC)ccc3cc(Br)ccc23)C1=O.Cl. The average Bonchev–Trinajstić information content (AvgIpc) is 3.11. The summed E-state index contributed by atoms with van der Waals surface area (Å²) in [5.41, 5.74) is 2.01. The summed E-state index contributed by atoms with van der Waals surface area (Å²) in [6.45, 7) is 1.68. The Hall–Kier alpha value is -3.99. The second-order valence-corrected chi connectivity index (χ2v) is 10.9. The van der Waals surface area contributed by atoms with Crippen LogP contribution in [-0.2, 0) is 16.1 Å². The second kappa shape index (κ2) is 13.5. The number of carbonyl (C=O) groups excluding carboxylic acids is 3. The van der Waals surface area contributed by atoms with Gasteiger partial charge in [0, 0.05) is 15.6 Å². The van der Waals surface area contributed by atoms with Gasteiger partial charge in [-0.3, -0.25) is 14.4 Å². The lowest BCUT2D eigenvalue weighted by Gasteiger charge is -2.27. The summed E-state index contributed by atoms with van der Waals surface area (Å²) in [5.74, 6) is -1.06. The quantitative estimate of drug-likeness (QED) is 0.273. The Morgan fingerprint density at radius 2 is 1.74 bits per heavy atom. The van der Waals surface area contributed by atoms with Crippen LogP contribution in [0, 0.1) is 5.82 Å². The zero-order valence-corrected chi connectivity index (χ0v) is 26.2. The summed E-state index contributed by atoms with van der Waals surface area (Å²) in [6.07, 6.45) is 0. The van der Waals surface area contributed by atoms with Crippen molar-refractivity contribution in [2.45, 2.75) is 25.6 Å². The van der Waals surface area contributed by atoms with Gasteiger partial charge in [-0.25, -0.2) is 4.39 Å². The van der Waals surface area contributed by atoms with Crippen LogP contribution in [0.15, 0.2) is 83.3 Å². The number of methoxy groups -OCH3 is 1. The number of nitrogens with zero attached hydrogens (tertiary/aromatic N) is 2. The molecule has 0 fully saturated rings. The normalized spacial score (nSPS) is 15.3. The molecule has 43 heavy (non-hydrogen) atoms. The molecule has 224 valence electrons. The summed E-state index contributed by atoms with van der Waals surface area (Å²) in [6, 6.07) is 20.4. The molecule has 11 heteroatoms. The zero-order valence-electron chi connectivity index (χ0n) is 23.8. The molecule has 5 rings (SSSR count). The molecule has 0 aliphatic carbocycles. The van der Waals surface area contributed by atoms with Crippen LogP contribution in [0.1, 0.15) is 22.8 Å². The van der Waals surface area contributed by atoms with Crippen molar-refractivity contribution in [3.05, 3.63) is 100 Å². The van der Waals surface area contributed by atoms with Crippen LogP contribution in [0.25, 0.3) is 10.8 Å². The van der Waals surface area contributed by atoms with Crippen molar-refractivity contribution in [3.63, 3.8) is 0 Å². The molecule has 1 aliphatic rings. The fourth-order valence-corrected chi connectivity index (χ4v) is 5.46. The van der Waals surface area contributed by atoms with Crippen molar-refractivity contribution < 1.29 is 23.5 Å². The van der Waals surface area contributed by atoms with E-state index in [0.717, 1.165) is 20.8 Å². The van der Waals surface area contributed by atoms with Gasteiger partial charge in [0.15, 0.2) is 0 Å². The van der Waals surface area contributed by atoms with Crippen molar-refractivity contribution >= 4 is 68.2 Å². The second-order valence-electron chi connectivity index (χ2n) is 10.0. The van der Waals surface area contributed by atoms with E-state index < -0.39 is 23.8 Å². The number of halogens is 3. The molecule has 0 radical (unpaired) electrons. The highest BCUT2D eigenvalue weighted by molar-refractivity contribution is 9.10. The first-order valence-corrected chi connectivity index (χ1v) is 14.2. The molecule has 4 aromatic rings. The molecule has 1 aliphatic heterocycles. The third-order valence-corrected chi connectivity index (χ3v) is 7.95. The van der Waals surface area contributed by atoms with E-state index in [1.54, 1.807) is 50.2 Å². The van der Waals surface area contributed by atoms with Gasteiger partial charge in [0.2, 0.25) is 5.91 Å². The van der Waals surface area contributed by atoms with E-state index >= 15 is 0 Å². The lowest BCUT2D eigenvalue weighted by molar-refractivity contribution is -0.128. The monoisotopic (exact) mass is 668 g/mol. The molecule has 8 nitrogen and oxygen atoms in total. The van der Waals surface area contributed by atoms with Crippen LogP contribution in [-0.4, -0.2) is 50.5 Å². The standard InChI is InChI=1S/C32H30BrFN4O4.ClH/c1-19(35-2)30(39)36-26-18-38(31(40)20-8-12-23(34)13-9-20)28-7-5-4-6-27(28)37(32(26)41)17-25-24-14-11-22(33)16-21(24)10-15-29(25)42-3;/h4-16,19,26,35H,17-18H2,1-3H3,(H,36,39);1H. The summed E-state index contributed by atoms with van der Waals surface area (Å²) in [5, 5.41) is 7.58. The molecular weight excluding hydrogens is 639 g/mol. The van der Waals surface area contributed by atoms with E-state index in [0.29, 0.717) is 17.1 Å². The molecule has 3 amide bonds. The first-order valence-electron chi connectivity index (χ1n) is 13.4. The van der Waals surface area contributed by atoms with E-state index in [1.807, 2.05) is 30.3 Å². The Kier molecular flexibility index (Phi) is 10.1. The molecule has 2 unspecified atom stereocenters. The topological polar surface area (TPSA) is 91.0 Å². The molecule has 2 N–H and O–H groups in total. The molecule has 0 bridgehead atoms. The van der Waals surface area contributed by atoms with E-state index in [9.17, 15) is 18.8 Å². The molecule has 2 atom stereocenters. The third kappa shape index (κ3) is 6.51. The number of likely N-dealkylation sites (N-methyl/N-ethyl adjacent to an activating group) is 1. The Morgan fingerprint density at radius 1 is 1.05 bits per heavy atom. The number of para-hydroxylation sites is 2. The minimum Gasteiger partial charge on any atom is -0.496 e. The molecule has 0 spiro atoms. The highest BCUT2D eigenvalue weighted by Gasteiger charge is 2.38. The molecule has 1 heterocycles. The molecule has 0 saturated heterocycles. The Labute approximate surface area is 263 Å². The number of ether oxygens (including phenoxy) is 1. The summed E-state index contributed by atoms with van der Waals surface area (Å²) < 4.78 is 20.3. The lowest BCUT2D eigenvalue weighted by atomic mass is 10.0. The van der Waals surface area contributed by atoms with E-state index in [-0.39, 0.29) is 42.9 Å². The average molecular weight is 670 g/mol. The van der Waals surface area contributed by atoms with Gasteiger partial charge in [-0.15, -0.1) is 12.4 Å². The van der Waals surface area contributed by atoms with Crippen LogP contribution in [0.2, 0.25) is 0 Å². The predicted octanol–water partition coefficient (Wildman–Crippen LogP) is 5.46. The lowest BCUT2D eigenvalue weighted by Crippen LogP contribution is -2.55. The highest BCUT2D eigenvalue weighted by atomic mass is 79.9. The molecule has 0 aromatic heterocycles. The van der Waals surface area contributed by atoms with Crippen molar-refractivity contribution in [1.29, 1.82) is 0 Å². The summed E-state index contributed by atoms with van der Waals surface area (Å²) in [4.78, 5) is 44.3. The number of amides is 3. The van der Waals surface area contributed by atoms with Gasteiger partial charge in [-0.05, 0) is 79.3 Å². The molecular formula is C32H31BrClFN4O4. The van der Waals surface area contributed by atoms with E-state index in [4.69, 9.17) is 4.74 Å². The third-order valence-electron chi connectivity index (χ3n) is 7.46. The minimum absolute atomic E-state index is 0. The smallest absolute Gasteiger partial charge is 0.258 e. The van der Waals surface area contributed by atoms with Crippen molar-refractivity contribution in [3.8, 4) is 5.75 Å². The van der Waals surface area contributed by atoms with Crippen LogP contribution in [0.5, 0.6) is 5.75 Å². The van der Waals surface area contributed by atoms with Crippen LogP contribution in [0.3, 0.4) is 0 Å². The zero-order chi connectivity index (χ0) is 30.0. The number of anilines is 2. The maximum atomic E-state index is 14.4. The number of benzene rings is 4. The van der Waals surface area contributed by atoms with Gasteiger partial charge in [0.05, 0.1) is 37.6 Å². The fraction of sp³-hybridized carbons (Fsp3) is 0.219. The first-order chi connectivity index (χ1) is 20.2. The first kappa shape index (κ1) is 31.9. The number of hydrogen-bond acceptors (Lipinski definition) is 5. The number of carbonyl (C=O) groups is 3. The van der Waals surface area contributed by atoms with E-state index in [2.05, 4.69) is 26.6 Å². The van der Waals surface area contributed by atoms with Crippen LogP contribution < -0.4 is 25.2 Å². The van der Waals surface area contributed by atoms with E-state index in [1.165, 1.54) is 29.2 Å². The maximum absolute atomic E-state index is 14.4. The van der Waals surface area contributed by atoms with Crippen molar-refractivity contribution in [2.24, 2.45) is 0 Å². The maximum Gasteiger partial charge on any atom is 0.258 e. The Balaban J connectivity index is 0.00000423. The minimum atomic E-state index is -1.07. The van der Waals surface area contributed by atoms with Gasteiger partial charge in [0.25, 0.3) is 11.8 Å². The highest BCUT2D eigenvalue weighted by Crippen LogP contribution is 2.38. The largest absolute Gasteiger partial charge is 0.496 e. The number of fused-ring (bicyclic) bond motifs is 2. The van der Waals surface area contributed by atoms with Crippen molar-refractivity contribution in [2.75, 3.05) is 30.5 Å². The van der Waals surface area contributed by atoms with Crippen LogP contribution >= 0.6 is 28.3 Å². The molecule has 4 aromatic carbocycles. The predicted molar refractivity (Wildman–Crippen MR) is 172 cm³/mol. The van der Waals surface area contributed by atoms with Gasteiger partial charge < -0.3 is 25.2 Å².